The smallest absolute Gasteiger partial charge is 0.129 e. The van der Waals surface area contributed by atoms with Gasteiger partial charge in [0.1, 0.15) is 5.78 Å². The van der Waals surface area contributed by atoms with Gasteiger partial charge in [0, 0.05) is 15.9 Å². The van der Waals surface area contributed by atoms with Gasteiger partial charge in [-0.05, 0) is 117 Å². The van der Waals surface area contributed by atoms with Crippen LogP contribution in [0.15, 0.2) is 0 Å². The van der Waals surface area contributed by atoms with Gasteiger partial charge in [-0.3, -0.25) is 0 Å². The molecule has 11 atom stereocenters. The van der Waals surface area contributed by atoms with Crippen molar-refractivity contribution in [3.63, 3.8) is 0 Å². The van der Waals surface area contributed by atoms with Crippen LogP contribution in [0.25, 0.3) is 0 Å². The average Bonchev–Trinajstić information content (AvgIpc) is 3.03. The SMILES string of the molecule is CC(=O)CC[C@@H](C)[C@H]1CC[C@H]2[C@@H]3[C@@H](C)C[C@@H]4C[C@H](OP)CC[C@]4(C)[C@H]3CC[C@]12C. The maximum Gasteiger partial charge on any atom is 0.129 e. The highest BCUT2D eigenvalue weighted by Crippen LogP contribution is 2.69. The summed E-state index contributed by atoms with van der Waals surface area (Å²) in [6.07, 6.45) is 13.4. The molecule has 3 heteroatoms. The molecule has 4 saturated carbocycles. The van der Waals surface area contributed by atoms with E-state index in [-0.39, 0.29) is 0 Å². The molecule has 1 unspecified atom stereocenters. The second kappa shape index (κ2) is 8.20. The third kappa shape index (κ3) is 3.67. The molecule has 0 radical (unpaired) electrons. The predicted molar refractivity (Wildman–Crippen MR) is 123 cm³/mol. The van der Waals surface area contributed by atoms with Crippen molar-refractivity contribution in [2.45, 2.75) is 105 Å². The lowest BCUT2D eigenvalue weighted by Gasteiger charge is -2.63. The number of hydrogen-bond donors (Lipinski definition) is 0. The lowest BCUT2D eigenvalue weighted by atomic mass is 9.42. The molecule has 0 aromatic heterocycles. The summed E-state index contributed by atoms with van der Waals surface area (Å²) in [5.41, 5.74) is 1.05. The molecule has 0 heterocycles. The van der Waals surface area contributed by atoms with E-state index in [4.69, 9.17) is 4.52 Å². The van der Waals surface area contributed by atoms with Gasteiger partial charge in [0.25, 0.3) is 0 Å². The normalized spacial score (nSPS) is 50.3. The van der Waals surface area contributed by atoms with Crippen LogP contribution in [-0.4, -0.2) is 11.9 Å². The first kappa shape index (κ1) is 22.3. The Labute approximate surface area is 182 Å². The largest absolute Gasteiger partial charge is 0.362 e. The first-order valence-corrected chi connectivity index (χ1v) is 13.0. The third-order valence-electron chi connectivity index (χ3n) is 10.9. The molecule has 0 bridgehead atoms. The van der Waals surface area contributed by atoms with Gasteiger partial charge in [-0.1, -0.05) is 27.7 Å². The van der Waals surface area contributed by atoms with Crippen molar-refractivity contribution in [3.05, 3.63) is 0 Å². The van der Waals surface area contributed by atoms with Gasteiger partial charge in [-0.2, -0.15) is 0 Å². The molecule has 0 aliphatic heterocycles. The molecule has 4 aliphatic rings. The fourth-order valence-electron chi connectivity index (χ4n) is 9.33. The van der Waals surface area contributed by atoms with Crippen LogP contribution in [0.3, 0.4) is 0 Å². The van der Waals surface area contributed by atoms with E-state index in [0.717, 1.165) is 48.3 Å². The highest BCUT2D eigenvalue weighted by atomic mass is 31.0. The fraction of sp³-hybridized carbons (Fsp3) is 0.962. The molecule has 4 aliphatic carbocycles. The zero-order chi connectivity index (χ0) is 21.0. The Hall–Kier alpha value is 0.0600. The summed E-state index contributed by atoms with van der Waals surface area (Å²) in [7, 11) is 2.53. The van der Waals surface area contributed by atoms with Crippen molar-refractivity contribution in [1.82, 2.24) is 0 Å². The maximum atomic E-state index is 11.6. The van der Waals surface area contributed by atoms with Gasteiger partial charge in [-0.25, -0.2) is 0 Å². The number of carbonyl (C=O) groups is 1. The molecule has 0 amide bonds. The first-order chi connectivity index (χ1) is 13.7. The van der Waals surface area contributed by atoms with E-state index < -0.39 is 0 Å². The second-order valence-electron chi connectivity index (χ2n) is 12.2. The van der Waals surface area contributed by atoms with Crippen LogP contribution in [-0.2, 0) is 9.32 Å². The standard InChI is InChI=1S/C26H45O2P/c1-16(6-7-18(3)27)21-8-9-22-24-17(2)14-19-15-20(28-29)10-12-25(19,4)23(24)11-13-26(21,22)5/h16-17,19-24H,6-15,29H2,1-5H3/t16-,17+,19-,20-,21-,22+,23+,24+,25+,26-/m1/s1. The Kier molecular flexibility index (Phi) is 6.29. The van der Waals surface area contributed by atoms with Gasteiger partial charge in [0.2, 0.25) is 0 Å². The summed E-state index contributed by atoms with van der Waals surface area (Å²) >= 11 is 0. The molecule has 166 valence electrons. The summed E-state index contributed by atoms with van der Waals surface area (Å²) in [4.78, 5) is 11.6. The molecule has 4 rings (SSSR count). The van der Waals surface area contributed by atoms with Crippen LogP contribution in [0.1, 0.15) is 98.8 Å². The number of Topliss-reactive ketones (excluding diaryl/α,β-unsaturated/α-hetero) is 1. The predicted octanol–water partition coefficient (Wildman–Crippen LogP) is 7.07. The number of hydrogen-bond acceptors (Lipinski definition) is 2. The molecule has 0 N–H and O–H groups in total. The van der Waals surface area contributed by atoms with Crippen LogP contribution < -0.4 is 0 Å². The van der Waals surface area contributed by atoms with E-state index in [0.29, 0.717) is 28.6 Å². The summed E-state index contributed by atoms with van der Waals surface area (Å²) in [6.45, 7) is 12.1. The quantitative estimate of drug-likeness (QED) is 0.445. The first-order valence-electron chi connectivity index (χ1n) is 12.6. The van der Waals surface area contributed by atoms with Crippen LogP contribution >= 0.6 is 9.47 Å². The monoisotopic (exact) mass is 420 g/mol. The zero-order valence-electron chi connectivity index (χ0n) is 19.6. The van der Waals surface area contributed by atoms with E-state index in [1.807, 2.05) is 0 Å². The third-order valence-corrected chi connectivity index (χ3v) is 11.3. The van der Waals surface area contributed by atoms with Crippen molar-refractivity contribution in [2.24, 2.45) is 52.3 Å². The Morgan fingerprint density at radius 1 is 1.07 bits per heavy atom. The Bertz CT molecular complexity index is 620. The maximum absolute atomic E-state index is 11.6. The summed E-state index contributed by atoms with van der Waals surface area (Å²) in [5.74, 6) is 6.36. The van der Waals surface area contributed by atoms with Gasteiger partial charge in [0.15, 0.2) is 0 Å². The summed E-state index contributed by atoms with van der Waals surface area (Å²) < 4.78 is 5.71. The number of carbonyl (C=O) groups excluding carboxylic acids is 1. The molecular weight excluding hydrogens is 375 g/mol. The molecule has 2 nitrogen and oxygen atoms in total. The van der Waals surface area contributed by atoms with E-state index >= 15 is 0 Å². The molecule has 0 spiro atoms. The minimum atomic E-state index is 0.366. The average molecular weight is 421 g/mol. The molecule has 0 saturated heterocycles. The van der Waals surface area contributed by atoms with Crippen molar-refractivity contribution in [1.29, 1.82) is 0 Å². The summed E-state index contributed by atoms with van der Waals surface area (Å²) in [5, 5.41) is 0. The van der Waals surface area contributed by atoms with Crippen molar-refractivity contribution in [3.8, 4) is 0 Å². The van der Waals surface area contributed by atoms with E-state index in [2.05, 4.69) is 37.2 Å². The minimum Gasteiger partial charge on any atom is -0.362 e. The Balaban J connectivity index is 1.54. The minimum absolute atomic E-state index is 0.366. The topological polar surface area (TPSA) is 26.3 Å². The highest BCUT2D eigenvalue weighted by molar-refractivity contribution is 7.09. The molecular formula is C26H45O2P. The number of rotatable bonds is 5. The van der Waals surface area contributed by atoms with Gasteiger partial charge in [-0.15, -0.1) is 0 Å². The number of fused-ring (bicyclic) bond motifs is 5. The fourth-order valence-corrected chi connectivity index (χ4v) is 9.58. The summed E-state index contributed by atoms with van der Waals surface area (Å²) in [6, 6.07) is 0. The number of ketones is 1. The Morgan fingerprint density at radius 3 is 2.45 bits per heavy atom. The van der Waals surface area contributed by atoms with E-state index in [9.17, 15) is 4.79 Å². The van der Waals surface area contributed by atoms with E-state index in [1.165, 1.54) is 51.4 Å². The molecule has 4 fully saturated rings. The van der Waals surface area contributed by atoms with Gasteiger partial charge >= 0.3 is 0 Å². The van der Waals surface area contributed by atoms with E-state index in [1.54, 1.807) is 6.92 Å². The van der Waals surface area contributed by atoms with Gasteiger partial charge < -0.3 is 9.32 Å². The van der Waals surface area contributed by atoms with Crippen molar-refractivity contribution in [2.75, 3.05) is 0 Å². The van der Waals surface area contributed by atoms with Crippen LogP contribution in [0.2, 0.25) is 0 Å². The Morgan fingerprint density at radius 2 is 1.76 bits per heavy atom. The lowest BCUT2D eigenvalue weighted by molar-refractivity contribution is -0.147. The van der Waals surface area contributed by atoms with Crippen LogP contribution in [0.4, 0.5) is 0 Å². The highest BCUT2D eigenvalue weighted by Gasteiger charge is 2.62. The molecule has 29 heavy (non-hydrogen) atoms. The zero-order valence-corrected chi connectivity index (χ0v) is 20.7. The van der Waals surface area contributed by atoms with Crippen molar-refractivity contribution >= 4 is 15.2 Å². The van der Waals surface area contributed by atoms with Crippen molar-refractivity contribution < 1.29 is 9.32 Å². The van der Waals surface area contributed by atoms with Gasteiger partial charge in [0.05, 0.1) is 6.10 Å². The second-order valence-corrected chi connectivity index (χ2v) is 12.5. The van der Waals surface area contributed by atoms with Crippen LogP contribution in [0.5, 0.6) is 0 Å². The van der Waals surface area contributed by atoms with Crippen LogP contribution in [0, 0.1) is 52.3 Å². The lowest BCUT2D eigenvalue weighted by Crippen LogP contribution is -2.56. The molecule has 0 aromatic rings. The molecule has 0 aromatic carbocycles.